The van der Waals surface area contributed by atoms with E-state index in [2.05, 4.69) is 10.3 Å². The van der Waals surface area contributed by atoms with Crippen LogP contribution in [-0.2, 0) is 4.79 Å². The van der Waals surface area contributed by atoms with Crippen molar-refractivity contribution in [2.45, 2.75) is 27.2 Å². The second kappa shape index (κ2) is 6.00. The van der Waals surface area contributed by atoms with E-state index < -0.39 is 5.41 Å². The molecular formula is C16H20ClN3O. The first-order chi connectivity index (χ1) is 9.92. The van der Waals surface area contributed by atoms with Crippen molar-refractivity contribution < 1.29 is 4.79 Å². The van der Waals surface area contributed by atoms with Gasteiger partial charge in [0, 0.05) is 18.1 Å². The van der Waals surface area contributed by atoms with E-state index in [0.717, 1.165) is 16.5 Å². The highest BCUT2D eigenvalue weighted by Crippen LogP contribution is 2.34. The fourth-order valence-corrected chi connectivity index (χ4v) is 2.48. The van der Waals surface area contributed by atoms with Gasteiger partial charge in [-0.3, -0.25) is 9.78 Å². The largest absolute Gasteiger partial charge is 0.329 e. The first-order valence-electron chi connectivity index (χ1n) is 6.98. The van der Waals surface area contributed by atoms with E-state index in [9.17, 15) is 4.79 Å². The molecule has 0 spiro atoms. The molecule has 0 aliphatic carbocycles. The number of aryl methyl sites for hydroxylation is 1. The van der Waals surface area contributed by atoms with Crippen molar-refractivity contribution in [2.75, 3.05) is 11.9 Å². The van der Waals surface area contributed by atoms with Crippen LogP contribution in [0, 0.1) is 12.3 Å². The lowest BCUT2D eigenvalue weighted by atomic mass is 9.86. The summed E-state index contributed by atoms with van der Waals surface area (Å²) in [5.41, 5.74) is 7.55. The van der Waals surface area contributed by atoms with Crippen LogP contribution in [-0.4, -0.2) is 17.4 Å². The third-order valence-electron chi connectivity index (χ3n) is 4.05. The Balaban J connectivity index is 2.50. The van der Waals surface area contributed by atoms with E-state index in [1.54, 1.807) is 6.20 Å². The highest BCUT2D eigenvalue weighted by Gasteiger charge is 2.30. The van der Waals surface area contributed by atoms with Crippen molar-refractivity contribution in [1.29, 1.82) is 0 Å². The van der Waals surface area contributed by atoms with Gasteiger partial charge in [0.25, 0.3) is 0 Å². The number of anilines is 1. The Morgan fingerprint density at radius 2 is 2.24 bits per heavy atom. The van der Waals surface area contributed by atoms with Gasteiger partial charge in [-0.1, -0.05) is 18.5 Å². The summed E-state index contributed by atoms with van der Waals surface area (Å²) in [5.74, 6) is -0.122. The maximum absolute atomic E-state index is 12.5. The molecule has 4 nitrogen and oxygen atoms in total. The number of pyridine rings is 1. The minimum atomic E-state index is -0.608. The van der Waals surface area contributed by atoms with Crippen LogP contribution < -0.4 is 11.1 Å². The molecule has 1 amide bonds. The second-order valence-electron chi connectivity index (χ2n) is 5.52. The summed E-state index contributed by atoms with van der Waals surface area (Å²) in [5, 5.41) is 4.28. The molecule has 0 saturated heterocycles. The standard InChI is InChI=1S/C16H20ClN3O/c1-4-16(3,9-18)15(21)20-14-11-6-5-7-19-13(11)10(2)8-12(14)17/h5-8H,4,9,18H2,1-3H3,(H,20,21). The number of aromatic nitrogens is 1. The molecule has 0 aliphatic rings. The molecule has 1 atom stereocenters. The number of benzene rings is 1. The molecule has 2 rings (SSSR count). The van der Waals surface area contributed by atoms with Gasteiger partial charge in [-0.05, 0) is 44.0 Å². The van der Waals surface area contributed by atoms with E-state index in [-0.39, 0.29) is 12.5 Å². The number of fused-ring (bicyclic) bond motifs is 1. The van der Waals surface area contributed by atoms with Gasteiger partial charge in [-0.25, -0.2) is 0 Å². The number of hydrogen-bond acceptors (Lipinski definition) is 3. The molecule has 0 aliphatic heterocycles. The number of amides is 1. The molecule has 1 heterocycles. The maximum Gasteiger partial charge on any atom is 0.231 e. The van der Waals surface area contributed by atoms with Gasteiger partial charge in [0.1, 0.15) is 0 Å². The van der Waals surface area contributed by atoms with Crippen molar-refractivity contribution >= 4 is 34.1 Å². The van der Waals surface area contributed by atoms with E-state index in [0.29, 0.717) is 17.1 Å². The van der Waals surface area contributed by atoms with Crippen molar-refractivity contribution in [3.8, 4) is 0 Å². The average Bonchev–Trinajstić information content (AvgIpc) is 2.50. The normalized spacial score (nSPS) is 14.0. The Morgan fingerprint density at radius 1 is 1.52 bits per heavy atom. The molecule has 0 radical (unpaired) electrons. The molecular weight excluding hydrogens is 286 g/mol. The summed E-state index contributed by atoms with van der Waals surface area (Å²) in [4.78, 5) is 16.9. The van der Waals surface area contributed by atoms with E-state index in [4.69, 9.17) is 17.3 Å². The maximum atomic E-state index is 12.5. The van der Waals surface area contributed by atoms with Gasteiger partial charge >= 0.3 is 0 Å². The molecule has 1 unspecified atom stereocenters. The van der Waals surface area contributed by atoms with Gasteiger partial charge in [0.2, 0.25) is 5.91 Å². The fraction of sp³-hybridized carbons (Fsp3) is 0.375. The van der Waals surface area contributed by atoms with Crippen molar-refractivity contribution in [2.24, 2.45) is 11.1 Å². The van der Waals surface area contributed by atoms with Crippen LogP contribution >= 0.6 is 11.6 Å². The van der Waals surface area contributed by atoms with Gasteiger partial charge in [-0.15, -0.1) is 0 Å². The lowest BCUT2D eigenvalue weighted by Crippen LogP contribution is -2.39. The van der Waals surface area contributed by atoms with Crippen LogP contribution in [0.25, 0.3) is 10.9 Å². The number of carbonyl (C=O) groups excluding carboxylic acids is 1. The summed E-state index contributed by atoms with van der Waals surface area (Å²) in [7, 11) is 0. The Bertz CT molecular complexity index is 681. The minimum absolute atomic E-state index is 0.122. The molecule has 21 heavy (non-hydrogen) atoms. The molecule has 0 fully saturated rings. The van der Waals surface area contributed by atoms with E-state index in [1.165, 1.54) is 0 Å². The number of halogens is 1. The Kier molecular flexibility index (Phi) is 4.49. The van der Waals surface area contributed by atoms with Gasteiger partial charge in [0.15, 0.2) is 0 Å². The third kappa shape index (κ3) is 2.87. The smallest absolute Gasteiger partial charge is 0.231 e. The monoisotopic (exact) mass is 305 g/mol. The summed E-state index contributed by atoms with van der Waals surface area (Å²) in [6, 6.07) is 5.55. The molecule has 112 valence electrons. The first-order valence-corrected chi connectivity index (χ1v) is 7.36. The van der Waals surface area contributed by atoms with Gasteiger partial charge in [0.05, 0.1) is 21.6 Å². The van der Waals surface area contributed by atoms with Crippen LogP contribution in [0.5, 0.6) is 0 Å². The number of nitrogens with zero attached hydrogens (tertiary/aromatic N) is 1. The minimum Gasteiger partial charge on any atom is -0.329 e. The lowest BCUT2D eigenvalue weighted by Gasteiger charge is -2.25. The number of hydrogen-bond donors (Lipinski definition) is 2. The highest BCUT2D eigenvalue weighted by atomic mass is 35.5. The van der Waals surface area contributed by atoms with E-state index in [1.807, 2.05) is 39.0 Å². The highest BCUT2D eigenvalue weighted by molar-refractivity contribution is 6.35. The summed E-state index contributed by atoms with van der Waals surface area (Å²) >= 11 is 6.32. The topological polar surface area (TPSA) is 68.0 Å². The van der Waals surface area contributed by atoms with Crippen LogP contribution in [0.4, 0.5) is 5.69 Å². The van der Waals surface area contributed by atoms with E-state index >= 15 is 0 Å². The number of nitrogens with two attached hydrogens (primary N) is 1. The molecule has 1 aromatic carbocycles. The lowest BCUT2D eigenvalue weighted by molar-refractivity contribution is -0.124. The van der Waals surface area contributed by atoms with Crippen LogP contribution in [0.3, 0.4) is 0 Å². The Labute approximate surface area is 129 Å². The first kappa shape index (κ1) is 15.7. The molecule has 0 bridgehead atoms. The van der Waals surface area contributed by atoms with Crippen LogP contribution in [0.15, 0.2) is 24.4 Å². The Hall–Kier alpha value is -1.65. The number of nitrogens with one attached hydrogen (secondary N) is 1. The Morgan fingerprint density at radius 3 is 2.86 bits per heavy atom. The summed E-state index contributed by atoms with van der Waals surface area (Å²) in [6.07, 6.45) is 2.39. The molecule has 1 aromatic heterocycles. The van der Waals surface area contributed by atoms with Crippen LogP contribution in [0.1, 0.15) is 25.8 Å². The predicted octanol–water partition coefficient (Wildman–Crippen LogP) is 3.51. The molecule has 2 aromatic rings. The third-order valence-corrected chi connectivity index (χ3v) is 4.35. The predicted molar refractivity (Wildman–Crippen MR) is 87.6 cm³/mol. The average molecular weight is 306 g/mol. The van der Waals surface area contributed by atoms with Crippen LogP contribution in [0.2, 0.25) is 5.02 Å². The van der Waals surface area contributed by atoms with Gasteiger partial charge < -0.3 is 11.1 Å². The zero-order valence-corrected chi connectivity index (χ0v) is 13.3. The SMILES string of the molecule is CCC(C)(CN)C(=O)Nc1c(Cl)cc(C)c2ncccc12. The quantitative estimate of drug-likeness (QED) is 0.908. The molecule has 3 N–H and O–H groups in total. The zero-order chi connectivity index (χ0) is 15.6. The zero-order valence-electron chi connectivity index (χ0n) is 12.5. The number of carbonyl (C=O) groups is 1. The van der Waals surface area contributed by atoms with Crippen molar-refractivity contribution in [3.05, 3.63) is 35.0 Å². The summed E-state index contributed by atoms with van der Waals surface area (Å²) < 4.78 is 0. The molecule has 0 saturated carbocycles. The molecule has 5 heteroatoms. The number of rotatable bonds is 4. The van der Waals surface area contributed by atoms with Gasteiger partial charge in [-0.2, -0.15) is 0 Å². The summed E-state index contributed by atoms with van der Waals surface area (Å²) in [6.45, 7) is 6.03. The fourth-order valence-electron chi connectivity index (χ4n) is 2.17. The van der Waals surface area contributed by atoms with Crippen molar-refractivity contribution in [1.82, 2.24) is 4.98 Å². The second-order valence-corrected chi connectivity index (χ2v) is 5.93. The van der Waals surface area contributed by atoms with Crippen molar-refractivity contribution in [3.63, 3.8) is 0 Å².